The summed E-state index contributed by atoms with van der Waals surface area (Å²) < 4.78 is 32.3. The lowest BCUT2D eigenvalue weighted by atomic mass is 10.2. The van der Waals surface area contributed by atoms with Crippen molar-refractivity contribution in [3.8, 4) is 0 Å². The van der Waals surface area contributed by atoms with Gasteiger partial charge in [0, 0.05) is 19.2 Å². The number of halogens is 2. The first-order valence-electron chi connectivity index (χ1n) is 7.47. The predicted octanol–water partition coefficient (Wildman–Crippen LogP) is 3.16. The Morgan fingerprint density at radius 2 is 1.95 bits per heavy atom. The first kappa shape index (κ1) is 15.1. The topological polar surface area (TPSA) is 32.8 Å². The van der Waals surface area contributed by atoms with Crippen LogP contribution in [0.25, 0.3) is 0 Å². The van der Waals surface area contributed by atoms with Crippen LogP contribution in [0.2, 0.25) is 0 Å². The second-order valence-corrected chi connectivity index (χ2v) is 6.83. The van der Waals surface area contributed by atoms with Crippen LogP contribution in [0.3, 0.4) is 0 Å². The van der Waals surface area contributed by atoms with Crippen molar-refractivity contribution in [1.82, 2.24) is 4.90 Å². The molecule has 0 spiro atoms. The van der Waals surface area contributed by atoms with Crippen LogP contribution in [-0.4, -0.2) is 41.8 Å². The van der Waals surface area contributed by atoms with Gasteiger partial charge < -0.3 is 14.5 Å². The maximum Gasteiger partial charge on any atom is 0.410 e. The molecule has 2 fully saturated rings. The minimum atomic E-state index is -0.582. The third kappa shape index (κ3) is 2.87. The molecule has 2 aliphatic rings. The van der Waals surface area contributed by atoms with Gasteiger partial charge in [0.2, 0.25) is 0 Å². The first-order valence-corrected chi connectivity index (χ1v) is 7.47. The van der Waals surface area contributed by atoms with E-state index in [0.717, 1.165) is 12.5 Å². The van der Waals surface area contributed by atoms with Gasteiger partial charge in [0.1, 0.15) is 17.2 Å². The molecular weight excluding hydrogens is 290 g/mol. The number of nitrogens with zero attached hydrogens (tertiary/aromatic N) is 2. The van der Waals surface area contributed by atoms with Crippen LogP contribution in [-0.2, 0) is 4.74 Å². The summed E-state index contributed by atoms with van der Waals surface area (Å²) in [5, 5.41) is 0. The normalized spacial score (nSPS) is 24.0. The fraction of sp³-hybridized carbons (Fsp3) is 0.562. The Kier molecular flexibility index (Phi) is 3.50. The van der Waals surface area contributed by atoms with E-state index in [-0.39, 0.29) is 18.2 Å². The summed E-state index contributed by atoms with van der Waals surface area (Å²) in [4.78, 5) is 15.8. The molecule has 3 rings (SSSR count). The monoisotopic (exact) mass is 310 g/mol. The Labute approximate surface area is 128 Å². The molecule has 2 atom stereocenters. The van der Waals surface area contributed by atoms with E-state index in [9.17, 15) is 13.6 Å². The summed E-state index contributed by atoms with van der Waals surface area (Å²) in [5.41, 5.74) is -0.125. The minimum Gasteiger partial charge on any atom is -0.444 e. The molecular formula is C16H20F2N2O2. The number of anilines is 1. The lowest BCUT2D eigenvalue weighted by Crippen LogP contribution is -2.50. The van der Waals surface area contributed by atoms with Gasteiger partial charge in [-0.2, -0.15) is 0 Å². The van der Waals surface area contributed by atoms with Gasteiger partial charge in [-0.25, -0.2) is 13.6 Å². The molecule has 1 saturated heterocycles. The van der Waals surface area contributed by atoms with E-state index in [4.69, 9.17) is 4.74 Å². The van der Waals surface area contributed by atoms with Crippen LogP contribution in [0.4, 0.5) is 19.3 Å². The number of hydrogen-bond donors (Lipinski definition) is 0. The zero-order chi connectivity index (χ0) is 16.1. The highest BCUT2D eigenvalue weighted by Crippen LogP contribution is 2.40. The largest absolute Gasteiger partial charge is 0.444 e. The summed E-state index contributed by atoms with van der Waals surface area (Å²) in [7, 11) is 0. The van der Waals surface area contributed by atoms with Gasteiger partial charge in [-0.1, -0.05) is 0 Å². The zero-order valence-corrected chi connectivity index (χ0v) is 13.0. The summed E-state index contributed by atoms with van der Waals surface area (Å²) >= 11 is 0. The molecule has 1 saturated carbocycles. The molecule has 0 unspecified atom stereocenters. The quantitative estimate of drug-likeness (QED) is 0.799. The van der Waals surface area contributed by atoms with Gasteiger partial charge in [-0.3, -0.25) is 0 Å². The Morgan fingerprint density at radius 1 is 1.23 bits per heavy atom. The molecule has 1 aliphatic heterocycles. The van der Waals surface area contributed by atoms with Crippen molar-refractivity contribution in [1.29, 1.82) is 0 Å². The van der Waals surface area contributed by atoms with Crippen molar-refractivity contribution in [3.05, 3.63) is 29.8 Å². The average Bonchev–Trinajstić information content (AvgIpc) is 3.16. The van der Waals surface area contributed by atoms with Crippen LogP contribution in [0.5, 0.6) is 0 Å². The van der Waals surface area contributed by atoms with Crippen LogP contribution in [0.1, 0.15) is 27.2 Å². The number of piperazine rings is 1. The highest BCUT2D eigenvalue weighted by atomic mass is 19.1. The van der Waals surface area contributed by atoms with E-state index in [2.05, 4.69) is 0 Å². The van der Waals surface area contributed by atoms with E-state index < -0.39 is 17.2 Å². The molecule has 120 valence electrons. The number of carbonyl (C=O) groups is 1. The Balaban J connectivity index is 1.70. The van der Waals surface area contributed by atoms with Gasteiger partial charge in [-0.05, 0) is 39.3 Å². The lowest BCUT2D eigenvalue weighted by molar-refractivity contribution is 0.0218. The average molecular weight is 310 g/mol. The molecule has 1 aliphatic carbocycles. The van der Waals surface area contributed by atoms with Crippen molar-refractivity contribution in [2.45, 2.75) is 44.9 Å². The number of rotatable bonds is 1. The van der Waals surface area contributed by atoms with Gasteiger partial charge >= 0.3 is 6.09 Å². The molecule has 22 heavy (non-hydrogen) atoms. The number of benzene rings is 1. The summed E-state index contributed by atoms with van der Waals surface area (Å²) in [5.74, 6) is -1.14. The van der Waals surface area contributed by atoms with Crippen LogP contribution in [0.15, 0.2) is 18.2 Å². The molecule has 0 N–H and O–H groups in total. The third-order valence-electron chi connectivity index (χ3n) is 3.95. The van der Waals surface area contributed by atoms with E-state index in [0.29, 0.717) is 18.8 Å². The van der Waals surface area contributed by atoms with Crippen molar-refractivity contribution >= 4 is 11.8 Å². The van der Waals surface area contributed by atoms with E-state index in [1.807, 2.05) is 25.7 Å². The predicted molar refractivity (Wildman–Crippen MR) is 78.8 cm³/mol. The molecule has 6 heteroatoms. The fourth-order valence-electron chi connectivity index (χ4n) is 2.95. The summed E-state index contributed by atoms with van der Waals surface area (Å²) in [6.45, 7) is 6.49. The summed E-state index contributed by atoms with van der Waals surface area (Å²) in [6, 6.07) is 3.75. The third-order valence-corrected chi connectivity index (χ3v) is 3.95. The molecule has 0 aromatic heterocycles. The second-order valence-electron chi connectivity index (χ2n) is 6.83. The Hall–Kier alpha value is -1.85. The van der Waals surface area contributed by atoms with Crippen molar-refractivity contribution < 1.29 is 18.3 Å². The second kappa shape index (κ2) is 5.11. The number of amides is 1. The van der Waals surface area contributed by atoms with E-state index in [1.54, 1.807) is 4.90 Å². The molecule has 1 amide bonds. The van der Waals surface area contributed by atoms with Gasteiger partial charge in [0.25, 0.3) is 0 Å². The minimum absolute atomic E-state index is 0.0491. The van der Waals surface area contributed by atoms with E-state index >= 15 is 0 Å². The molecule has 0 radical (unpaired) electrons. The number of ether oxygens (including phenoxy) is 1. The number of carbonyl (C=O) groups excluding carboxylic acids is 1. The molecule has 1 aromatic rings. The zero-order valence-electron chi connectivity index (χ0n) is 13.0. The Morgan fingerprint density at radius 3 is 2.59 bits per heavy atom. The standard InChI is InChI=1S/C16H20F2N2O2/c1-16(2,3)22-15(21)20-7-6-19(13-9-14(13)20)12-5-4-10(17)8-11(12)18/h4-5,8,13-14H,6-7,9H2,1-3H3/t13-,14+/m1/s1. The molecule has 1 aromatic carbocycles. The van der Waals surface area contributed by atoms with Crippen molar-refractivity contribution in [2.24, 2.45) is 0 Å². The summed E-state index contributed by atoms with van der Waals surface area (Å²) in [6.07, 6.45) is 0.468. The smallest absolute Gasteiger partial charge is 0.410 e. The first-order chi connectivity index (χ1) is 10.3. The Bertz CT molecular complexity index is 600. The van der Waals surface area contributed by atoms with Gasteiger partial charge in [0.05, 0.1) is 17.8 Å². The van der Waals surface area contributed by atoms with Crippen LogP contribution in [0, 0.1) is 11.6 Å². The van der Waals surface area contributed by atoms with Crippen LogP contribution >= 0.6 is 0 Å². The van der Waals surface area contributed by atoms with E-state index in [1.165, 1.54) is 12.1 Å². The number of fused-ring (bicyclic) bond motifs is 1. The maximum atomic E-state index is 13.9. The SMILES string of the molecule is CC(C)(C)OC(=O)N1CCN(c2ccc(F)cc2F)[C@@H]2C[C@@H]21. The fourth-order valence-corrected chi connectivity index (χ4v) is 2.95. The van der Waals surface area contributed by atoms with Crippen molar-refractivity contribution in [3.63, 3.8) is 0 Å². The lowest BCUT2D eigenvalue weighted by Gasteiger charge is -2.36. The van der Waals surface area contributed by atoms with Gasteiger partial charge in [-0.15, -0.1) is 0 Å². The number of hydrogen-bond acceptors (Lipinski definition) is 3. The van der Waals surface area contributed by atoms with Crippen molar-refractivity contribution in [2.75, 3.05) is 18.0 Å². The highest BCUT2D eigenvalue weighted by molar-refractivity contribution is 5.70. The van der Waals surface area contributed by atoms with Gasteiger partial charge in [0.15, 0.2) is 0 Å². The van der Waals surface area contributed by atoms with Crippen LogP contribution < -0.4 is 4.90 Å². The molecule has 1 heterocycles. The molecule has 0 bridgehead atoms. The molecule has 4 nitrogen and oxygen atoms in total. The maximum absolute atomic E-state index is 13.9. The highest BCUT2D eigenvalue weighted by Gasteiger charge is 2.52.